The maximum absolute atomic E-state index is 13.8. The Morgan fingerprint density at radius 3 is 2.78 bits per heavy atom. The minimum atomic E-state index is -0.440. The smallest absolute Gasteiger partial charge is 0.269 e. The predicted octanol–water partition coefficient (Wildman–Crippen LogP) is 2.76. The van der Waals surface area contributed by atoms with Crippen LogP contribution in [0.3, 0.4) is 0 Å². The molecule has 0 fully saturated rings. The highest BCUT2D eigenvalue weighted by molar-refractivity contribution is 5.97. The minimum absolute atomic E-state index is 0.0294. The fourth-order valence-electron chi connectivity index (χ4n) is 3.25. The number of nitro benzene ring substituents is 1. The van der Waals surface area contributed by atoms with E-state index in [2.05, 4.69) is 0 Å². The van der Waals surface area contributed by atoms with E-state index in [0.717, 1.165) is 16.8 Å². The van der Waals surface area contributed by atoms with Crippen molar-refractivity contribution in [3.8, 4) is 5.75 Å². The summed E-state index contributed by atoms with van der Waals surface area (Å²) in [5, 5.41) is 10.9. The Morgan fingerprint density at radius 2 is 2.11 bits per heavy atom. The fraction of sp³-hybridized carbons (Fsp3) is 0.316. The summed E-state index contributed by atoms with van der Waals surface area (Å²) in [4.78, 5) is 26.5. The molecule has 1 aliphatic heterocycles. The van der Waals surface area contributed by atoms with Gasteiger partial charge in [0.2, 0.25) is 5.91 Å². The standard InChI is InChI=1S/C19H20FN3O4/c1-21(11-13-3-6-18(27-2)16(20)9-13)12-19(24)22-8-7-14-10-15(23(25)26)4-5-17(14)22/h3-6,9-10H,7-8,11-12H2,1-2H3. The number of benzene rings is 2. The molecule has 8 heteroatoms. The van der Waals surface area contributed by atoms with Crippen molar-refractivity contribution in [2.75, 3.05) is 32.1 Å². The summed E-state index contributed by atoms with van der Waals surface area (Å²) in [6.45, 7) is 1.07. The maximum atomic E-state index is 13.8. The average molecular weight is 373 g/mol. The molecule has 0 radical (unpaired) electrons. The Labute approximate surface area is 156 Å². The second-order valence-corrected chi connectivity index (χ2v) is 6.51. The SMILES string of the molecule is COc1ccc(CN(C)CC(=O)N2CCc3cc([N+](=O)[O-])ccc32)cc1F. The molecule has 0 bridgehead atoms. The number of nitrogens with zero attached hydrogens (tertiary/aromatic N) is 3. The summed E-state index contributed by atoms with van der Waals surface area (Å²) >= 11 is 0. The van der Waals surface area contributed by atoms with Crippen LogP contribution in [0.4, 0.5) is 15.8 Å². The molecule has 2 aromatic carbocycles. The van der Waals surface area contributed by atoms with E-state index in [1.165, 1.54) is 25.3 Å². The van der Waals surface area contributed by atoms with Gasteiger partial charge in [-0.1, -0.05) is 6.07 Å². The highest BCUT2D eigenvalue weighted by atomic mass is 19.1. The van der Waals surface area contributed by atoms with E-state index in [1.54, 1.807) is 35.0 Å². The number of likely N-dealkylation sites (N-methyl/N-ethyl adjacent to an activating group) is 1. The topological polar surface area (TPSA) is 75.9 Å². The normalized spacial score (nSPS) is 13.0. The average Bonchev–Trinajstić information content (AvgIpc) is 3.05. The molecule has 27 heavy (non-hydrogen) atoms. The molecule has 0 saturated carbocycles. The van der Waals surface area contributed by atoms with Crippen LogP contribution in [-0.4, -0.2) is 43.0 Å². The van der Waals surface area contributed by atoms with Crippen LogP contribution in [-0.2, 0) is 17.8 Å². The van der Waals surface area contributed by atoms with E-state index in [9.17, 15) is 19.3 Å². The molecule has 3 rings (SSSR count). The summed E-state index contributed by atoms with van der Waals surface area (Å²) in [6, 6.07) is 9.26. The zero-order valence-corrected chi connectivity index (χ0v) is 15.1. The number of fused-ring (bicyclic) bond motifs is 1. The van der Waals surface area contributed by atoms with Crippen LogP contribution >= 0.6 is 0 Å². The summed E-state index contributed by atoms with van der Waals surface area (Å²) in [6.07, 6.45) is 0.593. The second kappa shape index (κ2) is 7.71. The number of non-ortho nitro benzene ring substituents is 1. The Balaban J connectivity index is 1.64. The van der Waals surface area contributed by atoms with Crippen molar-refractivity contribution in [3.05, 3.63) is 63.5 Å². The Hall–Kier alpha value is -3.00. The van der Waals surface area contributed by atoms with Gasteiger partial charge >= 0.3 is 0 Å². The lowest BCUT2D eigenvalue weighted by atomic mass is 10.1. The van der Waals surface area contributed by atoms with Gasteiger partial charge in [-0.05, 0) is 42.8 Å². The zero-order chi connectivity index (χ0) is 19.6. The molecule has 0 aromatic heterocycles. The lowest BCUT2D eigenvalue weighted by molar-refractivity contribution is -0.384. The number of rotatable bonds is 6. The molecule has 0 unspecified atom stereocenters. The van der Waals surface area contributed by atoms with Gasteiger partial charge in [-0.25, -0.2) is 4.39 Å². The third-order valence-corrected chi connectivity index (χ3v) is 4.54. The molecule has 0 N–H and O–H groups in total. The molecule has 7 nitrogen and oxygen atoms in total. The quantitative estimate of drug-likeness (QED) is 0.575. The van der Waals surface area contributed by atoms with Gasteiger partial charge in [-0.3, -0.25) is 19.8 Å². The lowest BCUT2D eigenvalue weighted by Gasteiger charge is -2.22. The van der Waals surface area contributed by atoms with E-state index in [4.69, 9.17) is 4.74 Å². The molecule has 2 aromatic rings. The van der Waals surface area contributed by atoms with Gasteiger partial charge in [0.15, 0.2) is 11.6 Å². The summed E-state index contributed by atoms with van der Waals surface area (Å²) < 4.78 is 18.7. The van der Waals surface area contributed by atoms with Crippen LogP contribution in [0.15, 0.2) is 36.4 Å². The Morgan fingerprint density at radius 1 is 1.33 bits per heavy atom. The van der Waals surface area contributed by atoms with Gasteiger partial charge in [0.05, 0.1) is 18.6 Å². The summed E-state index contributed by atoms with van der Waals surface area (Å²) in [5.74, 6) is -0.357. The van der Waals surface area contributed by atoms with E-state index in [-0.39, 0.29) is 23.9 Å². The van der Waals surface area contributed by atoms with Crippen LogP contribution in [0.25, 0.3) is 0 Å². The zero-order valence-electron chi connectivity index (χ0n) is 15.1. The van der Waals surface area contributed by atoms with Crippen molar-refractivity contribution in [3.63, 3.8) is 0 Å². The van der Waals surface area contributed by atoms with E-state index < -0.39 is 10.7 Å². The van der Waals surface area contributed by atoms with Crippen molar-refractivity contribution in [1.29, 1.82) is 0 Å². The molecule has 0 aliphatic carbocycles. The van der Waals surface area contributed by atoms with Gasteiger partial charge in [0, 0.05) is 30.9 Å². The Kier molecular flexibility index (Phi) is 5.36. The highest BCUT2D eigenvalue weighted by Gasteiger charge is 2.26. The first kappa shape index (κ1) is 18.8. The lowest BCUT2D eigenvalue weighted by Crippen LogP contribution is -2.37. The highest BCUT2D eigenvalue weighted by Crippen LogP contribution is 2.31. The van der Waals surface area contributed by atoms with Crippen LogP contribution < -0.4 is 9.64 Å². The van der Waals surface area contributed by atoms with Gasteiger partial charge in [0.1, 0.15) is 0 Å². The van der Waals surface area contributed by atoms with Gasteiger partial charge in [0.25, 0.3) is 5.69 Å². The molecule has 142 valence electrons. The number of hydrogen-bond donors (Lipinski definition) is 0. The molecular formula is C19H20FN3O4. The largest absolute Gasteiger partial charge is 0.494 e. The summed E-state index contributed by atoms with van der Waals surface area (Å²) in [7, 11) is 3.19. The van der Waals surface area contributed by atoms with Gasteiger partial charge < -0.3 is 9.64 Å². The molecule has 0 saturated heterocycles. The number of carbonyl (C=O) groups is 1. The van der Waals surface area contributed by atoms with Crippen LogP contribution in [0.1, 0.15) is 11.1 Å². The van der Waals surface area contributed by atoms with Crippen LogP contribution in [0.5, 0.6) is 5.75 Å². The number of methoxy groups -OCH3 is 1. The second-order valence-electron chi connectivity index (χ2n) is 6.51. The van der Waals surface area contributed by atoms with Crippen molar-refractivity contribution >= 4 is 17.3 Å². The first-order valence-electron chi connectivity index (χ1n) is 8.47. The Bertz CT molecular complexity index is 887. The first-order chi connectivity index (χ1) is 12.9. The van der Waals surface area contributed by atoms with Crippen LogP contribution in [0.2, 0.25) is 0 Å². The maximum Gasteiger partial charge on any atom is 0.269 e. The van der Waals surface area contributed by atoms with Crippen LogP contribution in [0, 0.1) is 15.9 Å². The number of carbonyl (C=O) groups excluding carboxylic acids is 1. The fourth-order valence-corrected chi connectivity index (χ4v) is 3.25. The number of hydrogen-bond acceptors (Lipinski definition) is 5. The van der Waals surface area contributed by atoms with E-state index in [0.29, 0.717) is 19.5 Å². The molecular weight excluding hydrogens is 353 g/mol. The van der Waals surface area contributed by atoms with Gasteiger partial charge in [-0.15, -0.1) is 0 Å². The molecule has 0 atom stereocenters. The van der Waals surface area contributed by atoms with Crippen molar-refractivity contribution < 1.29 is 18.8 Å². The molecule has 0 spiro atoms. The summed E-state index contributed by atoms with van der Waals surface area (Å²) in [5.41, 5.74) is 2.29. The third-order valence-electron chi connectivity index (χ3n) is 4.54. The number of anilines is 1. The van der Waals surface area contributed by atoms with E-state index >= 15 is 0 Å². The minimum Gasteiger partial charge on any atom is -0.494 e. The van der Waals surface area contributed by atoms with Gasteiger partial charge in [-0.2, -0.15) is 0 Å². The molecule has 1 amide bonds. The van der Waals surface area contributed by atoms with Crippen molar-refractivity contribution in [2.24, 2.45) is 0 Å². The molecule has 1 aliphatic rings. The first-order valence-corrected chi connectivity index (χ1v) is 8.47. The number of nitro groups is 1. The number of ether oxygens (including phenoxy) is 1. The number of halogens is 1. The van der Waals surface area contributed by atoms with Crippen molar-refractivity contribution in [2.45, 2.75) is 13.0 Å². The number of amides is 1. The van der Waals surface area contributed by atoms with E-state index in [1.807, 2.05) is 0 Å². The molecule has 1 heterocycles. The predicted molar refractivity (Wildman–Crippen MR) is 98.4 cm³/mol. The third kappa shape index (κ3) is 4.06. The van der Waals surface area contributed by atoms with Crippen molar-refractivity contribution in [1.82, 2.24) is 4.90 Å². The monoisotopic (exact) mass is 373 g/mol.